The summed E-state index contributed by atoms with van der Waals surface area (Å²) in [4.78, 5) is 27.1. The molecular formula is C18H28N3O2S+. The first-order valence-electron chi connectivity index (χ1n) is 8.96. The van der Waals surface area contributed by atoms with Crippen LogP contribution in [-0.2, 0) is 17.6 Å². The number of piperidine rings is 1. The van der Waals surface area contributed by atoms with Gasteiger partial charge in [-0.15, -0.1) is 11.3 Å². The molecular weight excluding hydrogens is 322 g/mol. The van der Waals surface area contributed by atoms with E-state index in [1.807, 2.05) is 6.92 Å². The van der Waals surface area contributed by atoms with Gasteiger partial charge in [-0.2, -0.15) is 0 Å². The molecule has 1 aromatic heterocycles. The SMILES string of the molecule is C[C@@H]1C[C@H](C)C[NH+]([C@@H](C)C(=O)Nc2sc3c(c2C(N)=O)CCC3)C1. The Morgan fingerprint density at radius 2 is 1.92 bits per heavy atom. The van der Waals surface area contributed by atoms with Gasteiger partial charge < -0.3 is 16.0 Å². The summed E-state index contributed by atoms with van der Waals surface area (Å²) in [7, 11) is 0. The quantitative estimate of drug-likeness (QED) is 0.764. The lowest BCUT2D eigenvalue weighted by atomic mass is 9.91. The summed E-state index contributed by atoms with van der Waals surface area (Å²) >= 11 is 1.53. The smallest absolute Gasteiger partial charge is 0.282 e. The van der Waals surface area contributed by atoms with Gasteiger partial charge in [0.1, 0.15) is 5.00 Å². The van der Waals surface area contributed by atoms with E-state index in [2.05, 4.69) is 19.2 Å². The molecule has 5 nitrogen and oxygen atoms in total. The number of hydrogen-bond donors (Lipinski definition) is 3. The van der Waals surface area contributed by atoms with Crippen LogP contribution in [0, 0.1) is 11.8 Å². The van der Waals surface area contributed by atoms with E-state index in [1.54, 1.807) is 0 Å². The van der Waals surface area contributed by atoms with E-state index < -0.39 is 5.91 Å². The molecule has 1 saturated heterocycles. The Bertz CT molecular complexity index is 645. The molecule has 1 unspecified atom stereocenters. The highest BCUT2D eigenvalue weighted by Crippen LogP contribution is 2.38. The fourth-order valence-corrected chi connectivity index (χ4v) is 5.64. The Labute approximate surface area is 147 Å². The first-order chi connectivity index (χ1) is 11.4. The van der Waals surface area contributed by atoms with Crippen molar-refractivity contribution in [2.24, 2.45) is 17.6 Å². The number of anilines is 1. The van der Waals surface area contributed by atoms with Crippen LogP contribution in [-0.4, -0.2) is 30.9 Å². The van der Waals surface area contributed by atoms with Crippen molar-refractivity contribution in [3.8, 4) is 0 Å². The van der Waals surface area contributed by atoms with Gasteiger partial charge in [0.25, 0.3) is 11.8 Å². The molecule has 6 heteroatoms. The zero-order valence-electron chi connectivity index (χ0n) is 14.8. The third-order valence-electron chi connectivity index (χ3n) is 5.44. The zero-order valence-corrected chi connectivity index (χ0v) is 15.6. The summed E-state index contributed by atoms with van der Waals surface area (Å²) in [5.41, 5.74) is 7.18. The molecule has 0 saturated carbocycles. The average molecular weight is 351 g/mol. The van der Waals surface area contributed by atoms with Gasteiger partial charge >= 0.3 is 0 Å². The molecule has 1 aromatic rings. The fraction of sp³-hybridized carbons (Fsp3) is 0.667. The summed E-state index contributed by atoms with van der Waals surface area (Å²) in [5.74, 6) is 0.857. The third-order valence-corrected chi connectivity index (χ3v) is 6.64. The van der Waals surface area contributed by atoms with Crippen LogP contribution in [0.5, 0.6) is 0 Å². The van der Waals surface area contributed by atoms with Crippen molar-refractivity contribution in [3.05, 3.63) is 16.0 Å². The molecule has 3 rings (SSSR count). The molecule has 24 heavy (non-hydrogen) atoms. The van der Waals surface area contributed by atoms with E-state index >= 15 is 0 Å². The number of amides is 2. The van der Waals surface area contributed by atoms with Crippen molar-refractivity contribution < 1.29 is 14.5 Å². The molecule has 0 spiro atoms. The molecule has 2 aliphatic rings. The minimum atomic E-state index is -0.426. The number of thiophene rings is 1. The van der Waals surface area contributed by atoms with E-state index in [1.165, 1.54) is 27.5 Å². The predicted octanol–water partition coefficient (Wildman–Crippen LogP) is 1.22. The number of primary amides is 1. The number of hydrogen-bond acceptors (Lipinski definition) is 3. The zero-order chi connectivity index (χ0) is 17.4. The normalized spacial score (nSPS) is 27.5. The van der Waals surface area contributed by atoms with Crippen LogP contribution in [0.1, 0.15) is 54.4 Å². The molecule has 1 aliphatic carbocycles. The predicted molar refractivity (Wildman–Crippen MR) is 96.6 cm³/mol. The summed E-state index contributed by atoms with van der Waals surface area (Å²) in [6.45, 7) is 8.57. The standard InChI is InChI=1S/C18H27N3O2S/c1-10-7-11(2)9-21(8-10)12(3)17(23)20-18-15(16(19)22)13-5-4-6-14(13)24-18/h10-12H,4-9H2,1-3H3,(H2,19,22)(H,20,23)/p+1/t10-,11+,12-/m0/s1. The second kappa shape index (κ2) is 6.84. The Kier molecular flexibility index (Phi) is 4.97. The lowest BCUT2D eigenvalue weighted by molar-refractivity contribution is -0.925. The maximum Gasteiger partial charge on any atom is 0.282 e. The number of fused-ring (bicyclic) bond motifs is 1. The second-order valence-corrected chi connectivity index (χ2v) is 8.75. The minimum absolute atomic E-state index is 0.00581. The Hall–Kier alpha value is -1.40. The number of quaternary nitrogens is 1. The van der Waals surface area contributed by atoms with E-state index in [4.69, 9.17) is 5.73 Å². The number of likely N-dealkylation sites (tertiary alicyclic amines) is 1. The maximum absolute atomic E-state index is 12.7. The van der Waals surface area contributed by atoms with Crippen molar-refractivity contribution in [3.63, 3.8) is 0 Å². The molecule has 4 atom stereocenters. The first-order valence-corrected chi connectivity index (χ1v) is 9.78. The van der Waals surface area contributed by atoms with E-state index in [0.29, 0.717) is 22.4 Å². The van der Waals surface area contributed by atoms with Crippen LogP contribution in [0.4, 0.5) is 5.00 Å². The number of nitrogens with two attached hydrogens (primary N) is 1. The van der Waals surface area contributed by atoms with Gasteiger partial charge in [-0.25, -0.2) is 0 Å². The topological polar surface area (TPSA) is 76.6 Å². The Balaban J connectivity index is 1.74. The first kappa shape index (κ1) is 17.4. The molecule has 132 valence electrons. The van der Waals surface area contributed by atoms with Crippen LogP contribution in [0.15, 0.2) is 0 Å². The van der Waals surface area contributed by atoms with Crippen LogP contribution >= 0.6 is 11.3 Å². The molecule has 4 N–H and O–H groups in total. The van der Waals surface area contributed by atoms with Gasteiger partial charge in [0.15, 0.2) is 6.04 Å². The highest BCUT2D eigenvalue weighted by Gasteiger charge is 2.34. The molecule has 2 amide bonds. The van der Waals surface area contributed by atoms with Crippen molar-refractivity contribution in [1.29, 1.82) is 0 Å². The molecule has 1 fully saturated rings. The third kappa shape index (κ3) is 3.35. The summed E-state index contributed by atoms with van der Waals surface area (Å²) in [6, 6.07) is -0.118. The lowest BCUT2D eigenvalue weighted by Crippen LogP contribution is -3.18. The largest absolute Gasteiger partial charge is 0.365 e. The van der Waals surface area contributed by atoms with Crippen molar-refractivity contribution >= 4 is 28.2 Å². The molecule has 1 aliphatic heterocycles. The summed E-state index contributed by atoms with van der Waals surface area (Å²) < 4.78 is 0. The van der Waals surface area contributed by atoms with E-state index in [0.717, 1.165) is 37.9 Å². The van der Waals surface area contributed by atoms with Crippen molar-refractivity contribution in [1.82, 2.24) is 0 Å². The van der Waals surface area contributed by atoms with Crippen molar-refractivity contribution in [2.75, 3.05) is 18.4 Å². The molecule has 2 heterocycles. The van der Waals surface area contributed by atoms with Gasteiger partial charge in [-0.3, -0.25) is 9.59 Å². The van der Waals surface area contributed by atoms with Gasteiger partial charge in [0, 0.05) is 16.7 Å². The lowest BCUT2D eigenvalue weighted by Gasteiger charge is -2.35. The van der Waals surface area contributed by atoms with Crippen LogP contribution < -0.4 is 16.0 Å². The van der Waals surface area contributed by atoms with Crippen LogP contribution in [0.25, 0.3) is 0 Å². The molecule has 0 bridgehead atoms. The summed E-state index contributed by atoms with van der Waals surface area (Å²) in [5, 5.41) is 3.66. The second-order valence-electron chi connectivity index (χ2n) is 7.65. The van der Waals surface area contributed by atoms with Gasteiger partial charge in [0.2, 0.25) is 0 Å². The van der Waals surface area contributed by atoms with Crippen molar-refractivity contribution in [2.45, 2.75) is 52.5 Å². The highest BCUT2D eigenvalue weighted by atomic mass is 32.1. The highest BCUT2D eigenvalue weighted by molar-refractivity contribution is 7.17. The number of nitrogens with one attached hydrogen (secondary N) is 2. The average Bonchev–Trinajstić information content (AvgIpc) is 3.05. The van der Waals surface area contributed by atoms with Crippen LogP contribution in [0.3, 0.4) is 0 Å². The van der Waals surface area contributed by atoms with Gasteiger partial charge in [-0.1, -0.05) is 13.8 Å². The molecule has 0 radical (unpaired) electrons. The minimum Gasteiger partial charge on any atom is -0.365 e. The molecule has 0 aromatic carbocycles. The van der Waals surface area contributed by atoms with Crippen LogP contribution in [0.2, 0.25) is 0 Å². The van der Waals surface area contributed by atoms with Gasteiger partial charge in [-0.05, 0) is 38.2 Å². The number of carbonyl (C=O) groups is 2. The fourth-order valence-electron chi connectivity index (χ4n) is 4.34. The monoisotopic (exact) mass is 350 g/mol. The van der Waals surface area contributed by atoms with E-state index in [-0.39, 0.29) is 11.9 Å². The Morgan fingerprint density at radius 3 is 2.54 bits per heavy atom. The maximum atomic E-state index is 12.7. The van der Waals surface area contributed by atoms with E-state index in [9.17, 15) is 9.59 Å². The number of carbonyl (C=O) groups excluding carboxylic acids is 2. The number of aryl methyl sites for hydroxylation is 1. The Morgan fingerprint density at radius 1 is 1.25 bits per heavy atom. The summed E-state index contributed by atoms with van der Waals surface area (Å²) in [6.07, 6.45) is 4.18. The number of rotatable bonds is 4. The van der Waals surface area contributed by atoms with Gasteiger partial charge in [0.05, 0.1) is 18.7 Å².